The Balaban J connectivity index is 1.64. The zero-order valence-electron chi connectivity index (χ0n) is 20.7. The van der Waals surface area contributed by atoms with Gasteiger partial charge < -0.3 is 9.84 Å². The topological polar surface area (TPSA) is 64.4 Å². The molecule has 0 spiro atoms. The molecule has 35 heavy (non-hydrogen) atoms. The second kappa shape index (κ2) is 11.6. The minimum atomic E-state index is -0.926. The van der Waals surface area contributed by atoms with Crippen molar-refractivity contribution in [2.75, 3.05) is 13.2 Å². The number of carbonyl (C=O) groups is 1. The quantitative estimate of drug-likeness (QED) is 0.360. The van der Waals surface area contributed by atoms with Crippen molar-refractivity contribution in [2.45, 2.75) is 58.9 Å². The second-order valence-electron chi connectivity index (χ2n) is 9.75. The van der Waals surface area contributed by atoms with Gasteiger partial charge in [-0.1, -0.05) is 49.7 Å². The Morgan fingerprint density at radius 1 is 1.11 bits per heavy atom. The highest BCUT2D eigenvalue weighted by atomic mass is 19.1. The van der Waals surface area contributed by atoms with E-state index in [9.17, 15) is 4.79 Å². The Kier molecular flexibility index (Phi) is 8.34. The number of carboxylic acids is 1. The first-order chi connectivity index (χ1) is 17.0. The molecule has 1 aromatic heterocycles. The largest absolute Gasteiger partial charge is 0.480 e. The number of aromatic nitrogens is 2. The summed E-state index contributed by atoms with van der Waals surface area (Å²) in [4.78, 5) is 10.7. The lowest BCUT2D eigenvalue weighted by atomic mass is 9.82. The van der Waals surface area contributed by atoms with Gasteiger partial charge in [0, 0.05) is 17.7 Å². The first-order valence-electron chi connectivity index (χ1n) is 12.7. The molecule has 0 unspecified atom stereocenters. The standard InChI is InChI=1S/C29H35FN2O3/c1-3-7-26-28(23-8-5-4-6-9-23)29(24-15-10-20(2)16-25(24)30)32(31-26)17-21-11-13-22(14-12-21)18-35-19-27(33)34/h4-6,8-10,15-16,21-22H,3,7,11-14,17-19H2,1-2H3,(H,33,34)/t21-,22-. The molecule has 1 N–H and O–H groups in total. The van der Waals surface area contributed by atoms with Crippen molar-refractivity contribution in [3.05, 3.63) is 65.6 Å². The van der Waals surface area contributed by atoms with Crippen LogP contribution in [0.1, 0.15) is 50.3 Å². The molecule has 1 heterocycles. The maximum Gasteiger partial charge on any atom is 0.329 e. The molecule has 0 saturated heterocycles. The minimum Gasteiger partial charge on any atom is -0.480 e. The summed E-state index contributed by atoms with van der Waals surface area (Å²) in [6.07, 6.45) is 5.88. The van der Waals surface area contributed by atoms with Gasteiger partial charge in [0.05, 0.1) is 18.0 Å². The molecule has 6 heteroatoms. The molecule has 1 aliphatic rings. The van der Waals surface area contributed by atoms with E-state index in [1.165, 1.54) is 0 Å². The number of aryl methyl sites for hydroxylation is 2. The number of benzene rings is 2. The first-order valence-corrected chi connectivity index (χ1v) is 12.7. The van der Waals surface area contributed by atoms with Crippen molar-refractivity contribution in [3.63, 3.8) is 0 Å². The van der Waals surface area contributed by atoms with Gasteiger partial charge in [-0.05, 0) is 74.1 Å². The third-order valence-electron chi connectivity index (χ3n) is 6.93. The zero-order chi connectivity index (χ0) is 24.8. The summed E-state index contributed by atoms with van der Waals surface area (Å²) in [5.41, 5.74) is 5.48. The molecule has 1 aliphatic carbocycles. The van der Waals surface area contributed by atoms with Gasteiger partial charge in [-0.2, -0.15) is 5.10 Å². The van der Waals surface area contributed by atoms with Crippen LogP contribution in [0.3, 0.4) is 0 Å². The van der Waals surface area contributed by atoms with Crippen LogP contribution in [0.25, 0.3) is 22.4 Å². The fraction of sp³-hybridized carbons (Fsp3) is 0.448. The Bertz CT molecular complexity index is 1130. The highest BCUT2D eigenvalue weighted by Crippen LogP contribution is 2.39. The first kappa shape index (κ1) is 25.1. The van der Waals surface area contributed by atoms with Gasteiger partial charge in [-0.3, -0.25) is 4.68 Å². The molecule has 5 nitrogen and oxygen atoms in total. The molecular weight excluding hydrogens is 443 g/mol. The zero-order valence-corrected chi connectivity index (χ0v) is 20.7. The molecule has 1 saturated carbocycles. The summed E-state index contributed by atoms with van der Waals surface area (Å²) < 4.78 is 22.7. The van der Waals surface area contributed by atoms with Crippen molar-refractivity contribution in [1.82, 2.24) is 9.78 Å². The van der Waals surface area contributed by atoms with E-state index in [1.54, 1.807) is 6.07 Å². The fourth-order valence-electron chi connectivity index (χ4n) is 5.19. The van der Waals surface area contributed by atoms with Crippen molar-refractivity contribution < 1.29 is 19.0 Å². The average Bonchev–Trinajstić information content (AvgIpc) is 3.18. The van der Waals surface area contributed by atoms with Gasteiger partial charge in [-0.25, -0.2) is 9.18 Å². The molecule has 0 amide bonds. The molecule has 0 atom stereocenters. The molecule has 4 rings (SSSR count). The van der Waals surface area contributed by atoms with Crippen LogP contribution in [-0.4, -0.2) is 34.1 Å². The monoisotopic (exact) mass is 478 g/mol. The number of nitrogens with zero attached hydrogens (tertiary/aromatic N) is 2. The lowest BCUT2D eigenvalue weighted by molar-refractivity contribution is -0.142. The summed E-state index contributed by atoms with van der Waals surface area (Å²) in [5.74, 6) is -0.306. The Hall–Kier alpha value is -2.99. The SMILES string of the molecule is CCCc1nn(C[C@H]2CC[C@H](COCC(=O)O)CC2)c(-c2ccc(C)cc2F)c1-c1ccccc1. The highest BCUT2D eigenvalue weighted by Gasteiger charge is 2.27. The van der Waals surface area contributed by atoms with Crippen molar-refractivity contribution in [1.29, 1.82) is 0 Å². The maximum absolute atomic E-state index is 15.3. The molecule has 0 bridgehead atoms. The van der Waals surface area contributed by atoms with Gasteiger partial charge in [0.2, 0.25) is 0 Å². The van der Waals surface area contributed by atoms with Crippen LogP contribution in [0.4, 0.5) is 4.39 Å². The van der Waals surface area contributed by atoms with E-state index in [-0.39, 0.29) is 12.4 Å². The number of rotatable bonds is 10. The normalized spacial score (nSPS) is 18.0. The molecule has 0 aliphatic heterocycles. The Morgan fingerprint density at radius 2 is 1.83 bits per heavy atom. The molecule has 1 fully saturated rings. The Labute approximate surface area is 206 Å². The average molecular weight is 479 g/mol. The van der Waals surface area contributed by atoms with Crippen LogP contribution in [-0.2, 0) is 22.5 Å². The van der Waals surface area contributed by atoms with Crippen LogP contribution in [0.5, 0.6) is 0 Å². The van der Waals surface area contributed by atoms with E-state index >= 15 is 4.39 Å². The summed E-state index contributed by atoms with van der Waals surface area (Å²) in [7, 11) is 0. The van der Waals surface area contributed by atoms with Gasteiger partial charge in [0.15, 0.2) is 0 Å². The van der Waals surface area contributed by atoms with E-state index < -0.39 is 5.97 Å². The second-order valence-corrected chi connectivity index (χ2v) is 9.75. The summed E-state index contributed by atoms with van der Waals surface area (Å²) in [6.45, 7) is 5.06. The molecule has 0 radical (unpaired) electrons. The van der Waals surface area contributed by atoms with Gasteiger partial charge in [-0.15, -0.1) is 0 Å². The summed E-state index contributed by atoms with van der Waals surface area (Å²) >= 11 is 0. The smallest absolute Gasteiger partial charge is 0.329 e. The predicted molar refractivity (Wildman–Crippen MR) is 136 cm³/mol. The number of carboxylic acid groups (broad SMARTS) is 1. The van der Waals surface area contributed by atoms with Crippen LogP contribution in [0.15, 0.2) is 48.5 Å². The highest BCUT2D eigenvalue weighted by molar-refractivity contribution is 5.83. The number of hydrogen-bond acceptors (Lipinski definition) is 3. The molecule has 2 aromatic carbocycles. The molecular formula is C29H35FN2O3. The predicted octanol–water partition coefficient (Wildman–Crippen LogP) is 6.52. The molecule has 3 aromatic rings. The van der Waals surface area contributed by atoms with E-state index in [2.05, 4.69) is 19.1 Å². The lowest BCUT2D eigenvalue weighted by Gasteiger charge is -2.28. The van der Waals surface area contributed by atoms with Crippen LogP contribution in [0, 0.1) is 24.6 Å². The van der Waals surface area contributed by atoms with Gasteiger partial charge in [0.1, 0.15) is 12.4 Å². The van der Waals surface area contributed by atoms with Crippen LogP contribution in [0.2, 0.25) is 0 Å². The fourth-order valence-corrected chi connectivity index (χ4v) is 5.19. The van der Waals surface area contributed by atoms with Gasteiger partial charge >= 0.3 is 5.97 Å². The number of hydrogen-bond donors (Lipinski definition) is 1. The number of halogens is 1. The summed E-state index contributed by atoms with van der Waals surface area (Å²) in [5, 5.41) is 13.8. The van der Waals surface area contributed by atoms with Crippen molar-refractivity contribution in [3.8, 4) is 22.4 Å². The Morgan fingerprint density at radius 3 is 2.49 bits per heavy atom. The molecule has 186 valence electrons. The third kappa shape index (κ3) is 6.17. The minimum absolute atomic E-state index is 0.217. The lowest BCUT2D eigenvalue weighted by Crippen LogP contribution is -2.23. The third-order valence-corrected chi connectivity index (χ3v) is 6.93. The maximum atomic E-state index is 15.3. The van der Waals surface area contributed by atoms with Gasteiger partial charge in [0.25, 0.3) is 0 Å². The summed E-state index contributed by atoms with van der Waals surface area (Å²) in [6, 6.07) is 15.7. The van der Waals surface area contributed by atoms with E-state index in [0.29, 0.717) is 24.0 Å². The number of ether oxygens (including phenoxy) is 1. The van der Waals surface area contributed by atoms with Crippen molar-refractivity contribution in [2.24, 2.45) is 11.8 Å². The van der Waals surface area contributed by atoms with Crippen molar-refractivity contribution >= 4 is 5.97 Å². The van der Waals surface area contributed by atoms with E-state index in [1.807, 2.05) is 41.9 Å². The number of aliphatic carboxylic acids is 1. The van der Waals surface area contributed by atoms with Crippen LogP contribution < -0.4 is 0 Å². The van der Waals surface area contributed by atoms with E-state index in [0.717, 1.165) is 73.1 Å². The van der Waals surface area contributed by atoms with E-state index in [4.69, 9.17) is 14.9 Å². The van der Waals surface area contributed by atoms with Crippen LogP contribution >= 0.6 is 0 Å².